The Kier molecular flexibility index (Phi) is 6.49. The molecule has 0 heterocycles. The first-order chi connectivity index (χ1) is 6.51. The fourth-order valence-corrected chi connectivity index (χ4v) is 1.29. The van der Waals surface area contributed by atoms with E-state index >= 15 is 0 Å². The Morgan fingerprint density at radius 3 is 2.21 bits per heavy atom. The molecule has 0 rings (SSSR count). The van der Waals surface area contributed by atoms with Gasteiger partial charge in [-0.1, -0.05) is 13.8 Å². The number of amides is 1. The maximum Gasteiger partial charge on any atom is 0.236 e. The Morgan fingerprint density at radius 2 is 1.86 bits per heavy atom. The highest BCUT2D eigenvalue weighted by Gasteiger charge is 2.12. The minimum Gasteiger partial charge on any atom is -0.351 e. The van der Waals surface area contributed by atoms with Crippen LogP contribution in [0.2, 0.25) is 0 Å². The van der Waals surface area contributed by atoms with Crippen LogP contribution in [0.3, 0.4) is 0 Å². The largest absolute Gasteiger partial charge is 0.351 e. The van der Waals surface area contributed by atoms with Crippen molar-refractivity contribution in [3.05, 3.63) is 0 Å². The Balaban J connectivity index is 3.84. The second-order valence-corrected chi connectivity index (χ2v) is 3.68. The number of nitrogens with zero attached hydrogens (tertiary/aromatic N) is 1. The molecule has 0 bridgehead atoms. The molecule has 0 saturated carbocycles. The summed E-state index contributed by atoms with van der Waals surface area (Å²) in [4.78, 5) is 13.5. The molecule has 0 aliphatic carbocycles. The summed E-state index contributed by atoms with van der Waals surface area (Å²) in [6.07, 6.45) is 0. The summed E-state index contributed by atoms with van der Waals surface area (Å²) in [6.45, 7) is 10.8. The Labute approximate surface area is 86.8 Å². The smallest absolute Gasteiger partial charge is 0.236 e. The van der Waals surface area contributed by atoms with E-state index in [2.05, 4.69) is 24.1 Å². The van der Waals surface area contributed by atoms with E-state index in [1.54, 1.807) is 6.92 Å². The fraction of sp³-hybridized carbons (Fsp3) is 0.900. The van der Waals surface area contributed by atoms with Gasteiger partial charge in [0.05, 0.1) is 6.04 Å². The molecule has 0 saturated heterocycles. The second-order valence-electron chi connectivity index (χ2n) is 3.68. The Bertz CT molecular complexity index is 167. The molecule has 0 aromatic heterocycles. The Morgan fingerprint density at radius 1 is 1.36 bits per heavy atom. The van der Waals surface area contributed by atoms with Crippen LogP contribution in [0.5, 0.6) is 0 Å². The first-order valence-corrected chi connectivity index (χ1v) is 5.29. The number of hydrogen-bond acceptors (Lipinski definition) is 3. The lowest BCUT2D eigenvalue weighted by Crippen LogP contribution is -2.47. The molecule has 4 heteroatoms. The van der Waals surface area contributed by atoms with Crippen LogP contribution < -0.4 is 11.1 Å². The van der Waals surface area contributed by atoms with Gasteiger partial charge < -0.3 is 16.0 Å². The quantitative estimate of drug-likeness (QED) is 0.644. The second kappa shape index (κ2) is 6.79. The van der Waals surface area contributed by atoms with Gasteiger partial charge in [-0.3, -0.25) is 4.79 Å². The van der Waals surface area contributed by atoms with E-state index in [0.717, 1.165) is 19.6 Å². The number of nitrogens with two attached hydrogens (primary N) is 1. The van der Waals surface area contributed by atoms with E-state index in [-0.39, 0.29) is 11.9 Å². The molecule has 2 atom stereocenters. The van der Waals surface area contributed by atoms with Gasteiger partial charge in [0.2, 0.25) is 5.91 Å². The van der Waals surface area contributed by atoms with Crippen LogP contribution in [0.25, 0.3) is 0 Å². The number of hydrogen-bond donors (Lipinski definition) is 2. The predicted molar refractivity (Wildman–Crippen MR) is 59.0 cm³/mol. The van der Waals surface area contributed by atoms with Gasteiger partial charge in [0.25, 0.3) is 0 Å². The van der Waals surface area contributed by atoms with Crippen molar-refractivity contribution < 1.29 is 4.79 Å². The lowest BCUT2D eigenvalue weighted by Gasteiger charge is -2.23. The minimum absolute atomic E-state index is 0.0790. The van der Waals surface area contributed by atoms with Crippen molar-refractivity contribution in [2.45, 2.75) is 39.8 Å². The number of rotatable bonds is 6. The van der Waals surface area contributed by atoms with Gasteiger partial charge in [0.15, 0.2) is 0 Å². The minimum atomic E-state index is -0.422. The fourth-order valence-electron chi connectivity index (χ4n) is 1.29. The molecule has 0 aliphatic heterocycles. The highest BCUT2D eigenvalue weighted by Crippen LogP contribution is 1.92. The van der Waals surface area contributed by atoms with E-state index in [4.69, 9.17) is 5.73 Å². The van der Waals surface area contributed by atoms with E-state index in [1.807, 2.05) is 6.92 Å². The van der Waals surface area contributed by atoms with Crippen molar-refractivity contribution in [3.8, 4) is 0 Å². The molecule has 2 unspecified atom stereocenters. The summed E-state index contributed by atoms with van der Waals surface area (Å²) in [7, 11) is 0. The molecular weight excluding hydrogens is 178 g/mol. The van der Waals surface area contributed by atoms with Crippen molar-refractivity contribution in [1.29, 1.82) is 0 Å². The molecule has 0 aromatic carbocycles. The van der Waals surface area contributed by atoms with Crippen LogP contribution in [0.1, 0.15) is 27.7 Å². The van der Waals surface area contributed by atoms with Gasteiger partial charge >= 0.3 is 0 Å². The van der Waals surface area contributed by atoms with Gasteiger partial charge in [-0.25, -0.2) is 0 Å². The van der Waals surface area contributed by atoms with Crippen LogP contribution in [-0.4, -0.2) is 42.5 Å². The summed E-state index contributed by atoms with van der Waals surface area (Å²) >= 11 is 0. The summed E-state index contributed by atoms with van der Waals surface area (Å²) in [5.74, 6) is -0.0790. The van der Waals surface area contributed by atoms with Gasteiger partial charge in [0.1, 0.15) is 0 Å². The number of nitrogens with one attached hydrogen (secondary N) is 1. The maximum atomic E-state index is 11.3. The molecule has 1 amide bonds. The third kappa shape index (κ3) is 5.19. The molecule has 84 valence electrons. The normalized spacial score (nSPS) is 15.3. The summed E-state index contributed by atoms with van der Waals surface area (Å²) in [5, 5.41) is 2.87. The average Bonchev–Trinajstić information content (AvgIpc) is 2.13. The van der Waals surface area contributed by atoms with Gasteiger partial charge in [-0.05, 0) is 26.9 Å². The zero-order chi connectivity index (χ0) is 11.1. The average molecular weight is 201 g/mol. The molecule has 4 nitrogen and oxygen atoms in total. The molecule has 3 N–H and O–H groups in total. The van der Waals surface area contributed by atoms with Crippen LogP contribution >= 0.6 is 0 Å². The SMILES string of the molecule is CCN(CC)CC(C)NC(=O)C(C)N. The van der Waals surface area contributed by atoms with E-state index in [0.29, 0.717) is 0 Å². The molecule has 0 fully saturated rings. The van der Waals surface area contributed by atoms with E-state index in [9.17, 15) is 4.79 Å². The first kappa shape index (κ1) is 13.4. The third-order valence-corrected chi connectivity index (χ3v) is 2.23. The van der Waals surface area contributed by atoms with Crippen molar-refractivity contribution in [3.63, 3.8) is 0 Å². The lowest BCUT2D eigenvalue weighted by molar-refractivity contribution is -0.122. The zero-order valence-corrected chi connectivity index (χ0v) is 9.71. The number of likely N-dealkylation sites (N-methyl/N-ethyl adjacent to an activating group) is 1. The molecule has 0 aromatic rings. The summed E-state index contributed by atoms with van der Waals surface area (Å²) in [6, 6.07) is -0.262. The van der Waals surface area contributed by atoms with Gasteiger partial charge in [0, 0.05) is 12.6 Å². The number of carbonyl (C=O) groups is 1. The highest BCUT2D eigenvalue weighted by molar-refractivity contribution is 5.81. The van der Waals surface area contributed by atoms with Gasteiger partial charge in [-0.15, -0.1) is 0 Å². The van der Waals surface area contributed by atoms with E-state index in [1.165, 1.54) is 0 Å². The first-order valence-electron chi connectivity index (χ1n) is 5.29. The predicted octanol–water partition coefficient (Wildman–Crippen LogP) is 0.180. The monoisotopic (exact) mass is 201 g/mol. The molecule has 0 aliphatic rings. The third-order valence-electron chi connectivity index (χ3n) is 2.23. The van der Waals surface area contributed by atoms with Crippen molar-refractivity contribution in [2.24, 2.45) is 5.73 Å². The molecule has 14 heavy (non-hydrogen) atoms. The lowest BCUT2D eigenvalue weighted by atomic mass is 10.2. The van der Waals surface area contributed by atoms with Crippen molar-refractivity contribution in [2.75, 3.05) is 19.6 Å². The molecular formula is C10H23N3O. The van der Waals surface area contributed by atoms with E-state index < -0.39 is 6.04 Å². The van der Waals surface area contributed by atoms with Crippen LogP contribution in [0.4, 0.5) is 0 Å². The van der Waals surface area contributed by atoms with Crippen LogP contribution in [0, 0.1) is 0 Å². The Hall–Kier alpha value is -0.610. The molecule has 0 spiro atoms. The standard InChI is InChI=1S/C10H23N3O/c1-5-13(6-2)7-8(3)12-10(14)9(4)11/h8-9H,5-7,11H2,1-4H3,(H,12,14). The summed E-state index contributed by atoms with van der Waals surface area (Å²) in [5.41, 5.74) is 5.45. The zero-order valence-electron chi connectivity index (χ0n) is 9.71. The van der Waals surface area contributed by atoms with Gasteiger partial charge in [-0.2, -0.15) is 0 Å². The highest BCUT2D eigenvalue weighted by atomic mass is 16.2. The van der Waals surface area contributed by atoms with Crippen molar-refractivity contribution >= 4 is 5.91 Å². The van der Waals surface area contributed by atoms with Crippen molar-refractivity contribution in [1.82, 2.24) is 10.2 Å². The van der Waals surface area contributed by atoms with Crippen LogP contribution in [-0.2, 0) is 4.79 Å². The maximum absolute atomic E-state index is 11.3. The number of carbonyl (C=O) groups excluding carboxylic acids is 1. The summed E-state index contributed by atoms with van der Waals surface area (Å²) < 4.78 is 0. The topological polar surface area (TPSA) is 58.4 Å². The molecule has 0 radical (unpaired) electrons. The van der Waals surface area contributed by atoms with Crippen LogP contribution in [0.15, 0.2) is 0 Å².